The number of alkyl halides is 1. The fourth-order valence-electron chi connectivity index (χ4n) is 5.40. The fraction of sp³-hybridized carbons (Fsp3) is 0.417. The molecule has 3 atom stereocenters. The van der Waals surface area contributed by atoms with E-state index in [0.29, 0.717) is 12.0 Å². The molecule has 0 aromatic heterocycles. The molecular formula is C36H45F2IN4O4. The summed E-state index contributed by atoms with van der Waals surface area (Å²) in [4.78, 5) is 44.6. The van der Waals surface area contributed by atoms with Gasteiger partial charge in [-0.15, -0.1) is 0 Å². The average molecular weight is 763 g/mol. The summed E-state index contributed by atoms with van der Waals surface area (Å²) in [7, 11) is 3.32. The third-order valence-electron chi connectivity index (χ3n) is 8.19. The second-order valence-corrected chi connectivity index (χ2v) is 13.3. The van der Waals surface area contributed by atoms with E-state index in [4.69, 9.17) is 0 Å². The van der Waals surface area contributed by atoms with E-state index in [0.717, 1.165) is 34.0 Å². The van der Waals surface area contributed by atoms with Gasteiger partial charge < -0.3 is 25.5 Å². The molecule has 0 aliphatic rings. The van der Waals surface area contributed by atoms with Crippen molar-refractivity contribution in [3.63, 3.8) is 0 Å². The van der Waals surface area contributed by atoms with Crippen LogP contribution in [0.5, 0.6) is 0 Å². The molecule has 0 heterocycles. The van der Waals surface area contributed by atoms with Gasteiger partial charge in [-0.05, 0) is 75.2 Å². The van der Waals surface area contributed by atoms with Crippen molar-refractivity contribution >= 4 is 51.1 Å². The Kier molecular flexibility index (Phi) is 13.9. The second kappa shape index (κ2) is 17.1. The third-order valence-corrected chi connectivity index (χ3v) is 8.92. The molecule has 11 heteroatoms. The van der Waals surface area contributed by atoms with Crippen molar-refractivity contribution in [3.8, 4) is 0 Å². The summed E-state index contributed by atoms with van der Waals surface area (Å²) in [5, 5.41) is 17.7. The van der Waals surface area contributed by atoms with Gasteiger partial charge in [-0.1, -0.05) is 76.7 Å². The molecule has 0 radical (unpaired) electrons. The number of nitrogens with one attached hydrogen (secondary N) is 2. The van der Waals surface area contributed by atoms with Crippen LogP contribution in [0.15, 0.2) is 72.3 Å². The fourth-order valence-corrected chi connectivity index (χ4v) is 6.21. The summed E-state index contributed by atoms with van der Waals surface area (Å²) >= 11 is 2.06. The molecule has 3 aromatic carbocycles. The van der Waals surface area contributed by atoms with Crippen molar-refractivity contribution in [1.29, 1.82) is 0 Å². The van der Waals surface area contributed by atoms with E-state index in [2.05, 4.69) is 33.2 Å². The molecule has 3 rings (SSSR count). The van der Waals surface area contributed by atoms with Crippen LogP contribution in [0.3, 0.4) is 0 Å². The average Bonchev–Trinajstić information content (AvgIpc) is 3.02. The highest BCUT2D eigenvalue weighted by molar-refractivity contribution is 14.1. The smallest absolute Gasteiger partial charge is 0.247 e. The highest BCUT2D eigenvalue weighted by atomic mass is 127. The van der Waals surface area contributed by atoms with Gasteiger partial charge in [0, 0.05) is 38.0 Å². The molecule has 0 saturated heterocycles. The number of aliphatic hydroxyl groups is 1. The lowest BCUT2D eigenvalue weighted by molar-refractivity contribution is -0.146. The summed E-state index contributed by atoms with van der Waals surface area (Å²) in [6.45, 7) is 7.37. The van der Waals surface area contributed by atoms with Crippen LogP contribution in [0.1, 0.15) is 45.2 Å². The maximum Gasteiger partial charge on any atom is 0.247 e. The van der Waals surface area contributed by atoms with Gasteiger partial charge >= 0.3 is 0 Å². The zero-order chi connectivity index (χ0) is 34.9. The lowest BCUT2D eigenvalue weighted by Gasteiger charge is -2.35. The van der Waals surface area contributed by atoms with Gasteiger partial charge in [0.15, 0.2) is 11.6 Å². The Balaban J connectivity index is 2.05. The van der Waals surface area contributed by atoms with Crippen molar-refractivity contribution in [2.75, 3.05) is 25.2 Å². The van der Waals surface area contributed by atoms with E-state index in [1.54, 1.807) is 6.08 Å². The van der Waals surface area contributed by atoms with Crippen molar-refractivity contribution in [2.24, 2.45) is 0 Å². The maximum atomic E-state index is 14.5. The Morgan fingerprint density at radius 3 is 2.19 bits per heavy atom. The third kappa shape index (κ3) is 10.8. The van der Waals surface area contributed by atoms with Crippen LogP contribution in [0.2, 0.25) is 0 Å². The first kappa shape index (κ1) is 38.0. The zero-order valence-electron chi connectivity index (χ0n) is 27.8. The van der Waals surface area contributed by atoms with Gasteiger partial charge in [-0.3, -0.25) is 14.4 Å². The molecule has 3 amide bonds. The molecule has 0 saturated carbocycles. The highest BCUT2D eigenvalue weighted by Crippen LogP contribution is 2.23. The molecule has 3 aromatic rings. The van der Waals surface area contributed by atoms with Gasteiger partial charge in [-0.2, -0.15) is 0 Å². The summed E-state index contributed by atoms with van der Waals surface area (Å²) in [5.74, 6) is -3.51. The molecule has 0 fully saturated rings. The van der Waals surface area contributed by atoms with Gasteiger partial charge in [0.25, 0.3) is 0 Å². The topological polar surface area (TPSA) is 102 Å². The van der Waals surface area contributed by atoms with Crippen LogP contribution in [0, 0.1) is 11.6 Å². The lowest BCUT2D eigenvalue weighted by Crippen LogP contribution is -2.56. The molecule has 254 valence electrons. The molecule has 0 aliphatic heterocycles. The van der Waals surface area contributed by atoms with Crippen LogP contribution in [-0.2, 0) is 27.2 Å². The summed E-state index contributed by atoms with van der Waals surface area (Å²) in [6.07, 6.45) is 1.36. The monoisotopic (exact) mass is 762 g/mol. The number of rotatable bonds is 15. The van der Waals surface area contributed by atoms with Crippen molar-refractivity contribution in [2.45, 2.75) is 70.7 Å². The summed E-state index contributed by atoms with van der Waals surface area (Å²) < 4.78 is 28.1. The van der Waals surface area contributed by atoms with Gasteiger partial charge in [0.1, 0.15) is 12.1 Å². The van der Waals surface area contributed by atoms with Crippen molar-refractivity contribution in [1.82, 2.24) is 20.4 Å². The molecule has 0 unspecified atom stereocenters. The number of likely N-dealkylation sites (N-methyl/N-ethyl adjacent to an activating group) is 1. The summed E-state index contributed by atoms with van der Waals surface area (Å²) in [5.41, 5.74) is 1.72. The highest BCUT2D eigenvalue weighted by Gasteiger charge is 2.36. The van der Waals surface area contributed by atoms with Gasteiger partial charge in [0.2, 0.25) is 17.7 Å². The zero-order valence-corrected chi connectivity index (χ0v) is 30.0. The van der Waals surface area contributed by atoms with Gasteiger partial charge in [-0.25, -0.2) is 8.78 Å². The predicted octanol–water partition coefficient (Wildman–Crippen LogP) is 5.15. The van der Waals surface area contributed by atoms with Crippen LogP contribution in [-0.4, -0.2) is 81.5 Å². The Labute approximate surface area is 289 Å². The van der Waals surface area contributed by atoms with Crippen LogP contribution < -0.4 is 10.6 Å². The van der Waals surface area contributed by atoms with Crippen molar-refractivity contribution < 1.29 is 28.3 Å². The number of amides is 3. The number of hydrogen-bond donors (Lipinski definition) is 3. The number of hydrogen-bond acceptors (Lipinski definition) is 5. The quantitative estimate of drug-likeness (QED) is 0.0862. The van der Waals surface area contributed by atoms with Crippen LogP contribution >= 0.6 is 22.6 Å². The molecular weight excluding hydrogens is 717 g/mol. The molecule has 0 spiro atoms. The molecule has 3 N–H and O–H groups in total. The standard InChI is InChI=1S/C36H45F2IN4O4/c1-23(20-36(3,4)40-5)15-33(45)43(22-39)32(19-25-11-13-27-9-7-8-10-28(27)16-25)35(47)42(6)31(34(46)41-21-24(2)44)18-26-12-14-29(37)30(38)17-26/h7-17,24,31-32,40,44H,18-22H2,1-6H3,(H,41,46)/b23-15+/t24-,31-,32-/m1/s1. The van der Waals surface area contributed by atoms with E-state index < -0.39 is 41.6 Å². The summed E-state index contributed by atoms with van der Waals surface area (Å²) in [6, 6.07) is 14.9. The molecule has 8 nitrogen and oxygen atoms in total. The Morgan fingerprint density at radius 2 is 1.57 bits per heavy atom. The van der Waals surface area contributed by atoms with E-state index in [9.17, 15) is 28.3 Å². The molecule has 0 aliphatic carbocycles. The predicted molar refractivity (Wildman–Crippen MR) is 190 cm³/mol. The SMILES string of the molecule is CNC(C)(C)C/C(C)=C/C(=O)N(CI)[C@H](Cc1ccc2ccccc2c1)C(=O)N(C)[C@H](Cc1ccc(F)c(F)c1)C(=O)NC[C@@H](C)O. The second-order valence-electron chi connectivity index (χ2n) is 12.6. The Bertz CT molecular complexity index is 1600. The number of fused-ring (bicyclic) bond motifs is 1. The van der Waals surface area contributed by atoms with Crippen molar-refractivity contribution in [3.05, 3.63) is 95.1 Å². The van der Waals surface area contributed by atoms with E-state index in [1.807, 2.05) is 70.3 Å². The number of carbonyl (C=O) groups is 3. The largest absolute Gasteiger partial charge is 0.392 e. The molecule has 0 bridgehead atoms. The number of nitrogens with zero attached hydrogens (tertiary/aromatic N) is 2. The Morgan fingerprint density at radius 1 is 0.957 bits per heavy atom. The van der Waals surface area contributed by atoms with Crippen LogP contribution in [0.4, 0.5) is 8.78 Å². The first-order chi connectivity index (χ1) is 22.1. The van der Waals surface area contributed by atoms with Gasteiger partial charge in [0.05, 0.1) is 10.7 Å². The first-order valence-corrected chi connectivity index (χ1v) is 17.0. The minimum absolute atomic E-state index is 0.0684. The van der Waals surface area contributed by atoms with E-state index in [1.165, 1.54) is 29.8 Å². The number of aliphatic hydroxyl groups excluding tert-OH is 1. The van der Waals surface area contributed by atoms with E-state index >= 15 is 0 Å². The maximum absolute atomic E-state index is 14.5. The van der Waals surface area contributed by atoms with E-state index in [-0.39, 0.29) is 35.4 Å². The minimum Gasteiger partial charge on any atom is -0.392 e. The Hall–Kier alpha value is -3.42. The van der Waals surface area contributed by atoms with Crippen LogP contribution in [0.25, 0.3) is 10.8 Å². The number of benzene rings is 3. The normalized spacial score (nSPS) is 14.0. The lowest BCUT2D eigenvalue weighted by atomic mass is 9.95. The minimum atomic E-state index is -1.15. The molecule has 47 heavy (non-hydrogen) atoms. The number of carbonyl (C=O) groups excluding carboxylic acids is 3. The first-order valence-electron chi connectivity index (χ1n) is 15.5. The number of halogens is 3.